The van der Waals surface area contributed by atoms with Gasteiger partial charge in [-0.05, 0) is 53.6 Å². The van der Waals surface area contributed by atoms with Crippen LogP contribution in [0.2, 0.25) is 5.02 Å². The van der Waals surface area contributed by atoms with Crippen LogP contribution in [0.3, 0.4) is 0 Å². The molecule has 0 saturated heterocycles. The van der Waals surface area contributed by atoms with Gasteiger partial charge < -0.3 is 9.30 Å². The Morgan fingerprint density at radius 3 is 2.56 bits per heavy atom. The Balaban J connectivity index is 1.31. The van der Waals surface area contributed by atoms with Crippen molar-refractivity contribution in [2.45, 2.75) is 25.4 Å². The molecule has 1 atom stereocenters. The van der Waals surface area contributed by atoms with E-state index in [0.29, 0.717) is 39.3 Å². The van der Waals surface area contributed by atoms with Gasteiger partial charge in [0, 0.05) is 66.0 Å². The third-order valence-corrected chi connectivity index (χ3v) is 7.27. The van der Waals surface area contributed by atoms with Crippen molar-refractivity contribution in [3.05, 3.63) is 136 Å². The summed E-state index contributed by atoms with van der Waals surface area (Å²) in [6, 6.07) is 20.6. The van der Waals surface area contributed by atoms with Crippen molar-refractivity contribution in [1.29, 1.82) is 0 Å². The SMILES string of the molecule is O=C(c1ccc(CN2C(=O)c3ccc(Cl)cc3CC(=O)[C@H]2Cc2ccccn2)cc1)c1cccn2ccnc12. The Morgan fingerprint density at radius 1 is 0.923 bits per heavy atom. The number of imidazole rings is 1. The third-order valence-electron chi connectivity index (χ3n) is 7.03. The molecule has 1 aliphatic heterocycles. The molecule has 3 aromatic heterocycles. The van der Waals surface area contributed by atoms with E-state index in [9.17, 15) is 14.4 Å². The van der Waals surface area contributed by atoms with Gasteiger partial charge in [0.15, 0.2) is 11.6 Å². The molecule has 6 rings (SSSR count). The van der Waals surface area contributed by atoms with E-state index in [1.165, 1.54) is 0 Å². The van der Waals surface area contributed by atoms with Gasteiger partial charge in [-0.1, -0.05) is 41.9 Å². The van der Waals surface area contributed by atoms with Gasteiger partial charge in [-0.25, -0.2) is 4.98 Å². The molecule has 0 aliphatic carbocycles. The Labute approximate surface area is 229 Å². The fourth-order valence-corrected chi connectivity index (χ4v) is 5.25. The molecule has 0 radical (unpaired) electrons. The van der Waals surface area contributed by atoms with E-state index < -0.39 is 6.04 Å². The van der Waals surface area contributed by atoms with Crippen molar-refractivity contribution in [2.75, 3.05) is 0 Å². The normalized spacial score (nSPS) is 15.3. The minimum Gasteiger partial charge on any atom is -0.324 e. The maximum Gasteiger partial charge on any atom is 0.255 e. The topological polar surface area (TPSA) is 84.6 Å². The van der Waals surface area contributed by atoms with Crippen LogP contribution in [-0.2, 0) is 24.2 Å². The first-order chi connectivity index (χ1) is 19.0. The molecular weight excluding hydrogens is 512 g/mol. The van der Waals surface area contributed by atoms with E-state index in [1.54, 1.807) is 64.3 Å². The van der Waals surface area contributed by atoms with Crippen LogP contribution in [-0.4, -0.2) is 42.8 Å². The summed E-state index contributed by atoms with van der Waals surface area (Å²) >= 11 is 6.19. The molecule has 1 aliphatic rings. The van der Waals surface area contributed by atoms with Crippen molar-refractivity contribution in [1.82, 2.24) is 19.3 Å². The number of benzene rings is 2. The lowest BCUT2D eigenvalue weighted by Crippen LogP contribution is -2.44. The molecule has 39 heavy (non-hydrogen) atoms. The summed E-state index contributed by atoms with van der Waals surface area (Å²) in [6.45, 7) is 0.203. The first kappa shape index (κ1) is 24.7. The molecule has 1 amide bonds. The van der Waals surface area contributed by atoms with Gasteiger partial charge >= 0.3 is 0 Å². The zero-order valence-electron chi connectivity index (χ0n) is 20.8. The highest BCUT2D eigenvalue weighted by Gasteiger charge is 2.35. The highest BCUT2D eigenvalue weighted by Crippen LogP contribution is 2.27. The summed E-state index contributed by atoms with van der Waals surface area (Å²) in [4.78, 5) is 50.9. The Kier molecular flexibility index (Phi) is 6.50. The number of amides is 1. The number of rotatable bonds is 6. The highest BCUT2D eigenvalue weighted by atomic mass is 35.5. The first-order valence-corrected chi connectivity index (χ1v) is 12.9. The van der Waals surface area contributed by atoms with Gasteiger partial charge in [-0.15, -0.1) is 0 Å². The van der Waals surface area contributed by atoms with Crippen LogP contribution >= 0.6 is 11.6 Å². The molecule has 0 unspecified atom stereocenters. The molecule has 0 bridgehead atoms. The summed E-state index contributed by atoms with van der Waals surface area (Å²) < 4.78 is 1.80. The highest BCUT2D eigenvalue weighted by molar-refractivity contribution is 6.30. The van der Waals surface area contributed by atoms with Crippen LogP contribution in [0.1, 0.15) is 43.1 Å². The number of hydrogen-bond donors (Lipinski definition) is 0. The molecular formula is C31H23ClN4O3. The summed E-state index contributed by atoms with van der Waals surface area (Å²) in [5, 5.41) is 0.482. The van der Waals surface area contributed by atoms with Crippen LogP contribution in [0, 0.1) is 0 Å². The molecule has 7 nitrogen and oxygen atoms in total. The zero-order chi connectivity index (χ0) is 26.9. The Hall–Kier alpha value is -4.62. The summed E-state index contributed by atoms with van der Waals surface area (Å²) in [7, 11) is 0. The standard InChI is InChI=1S/C31H23ClN4O3/c32-23-10-11-25-22(16-23)17-28(37)27(18-24-4-1-2-12-33-24)36(31(25)39)19-20-6-8-21(9-7-20)29(38)26-5-3-14-35-15-13-34-30(26)35/h1-16,27H,17-19H2/t27-/m1/s1. The summed E-state index contributed by atoms with van der Waals surface area (Å²) in [5.41, 5.74) is 4.24. The number of carbonyl (C=O) groups is 3. The number of Topliss-reactive ketones (excluding diaryl/α,β-unsaturated/α-hetero) is 1. The van der Waals surface area contributed by atoms with Crippen molar-refractivity contribution in [3.8, 4) is 0 Å². The Morgan fingerprint density at radius 2 is 1.77 bits per heavy atom. The molecule has 192 valence electrons. The van der Waals surface area contributed by atoms with Crippen LogP contribution in [0.5, 0.6) is 0 Å². The number of halogens is 1. The zero-order valence-corrected chi connectivity index (χ0v) is 21.6. The van der Waals surface area contributed by atoms with Crippen LogP contribution in [0.25, 0.3) is 5.65 Å². The molecule has 5 aromatic rings. The predicted octanol–water partition coefficient (Wildman–Crippen LogP) is 4.99. The van der Waals surface area contributed by atoms with Gasteiger partial charge in [0.05, 0.1) is 11.6 Å². The van der Waals surface area contributed by atoms with Crippen molar-refractivity contribution < 1.29 is 14.4 Å². The second-order valence-corrected chi connectivity index (χ2v) is 9.96. The number of nitrogens with zero attached hydrogens (tertiary/aromatic N) is 4. The van der Waals surface area contributed by atoms with Gasteiger partial charge in [-0.3, -0.25) is 19.4 Å². The van der Waals surface area contributed by atoms with Gasteiger partial charge in [0.25, 0.3) is 5.91 Å². The minimum atomic E-state index is -0.696. The van der Waals surface area contributed by atoms with Crippen LogP contribution < -0.4 is 0 Å². The molecule has 4 heterocycles. The van der Waals surface area contributed by atoms with Crippen LogP contribution in [0.4, 0.5) is 0 Å². The molecule has 0 saturated carbocycles. The number of carbonyl (C=O) groups excluding carboxylic acids is 3. The van der Waals surface area contributed by atoms with E-state index in [2.05, 4.69) is 9.97 Å². The summed E-state index contributed by atoms with van der Waals surface area (Å²) in [5.74, 6) is -0.451. The lowest BCUT2D eigenvalue weighted by molar-refractivity contribution is -0.122. The first-order valence-electron chi connectivity index (χ1n) is 12.6. The van der Waals surface area contributed by atoms with E-state index in [-0.39, 0.29) is 30.4 Å². The predicted molar refractivity (Wildman–Crippen MR) is 147 cm³/mol. The molecule has 0 N–H and O–H groups in total. The van der Waals surface area contributed by atoms with E-state index in [1.807, 2.05) is 42.6 Å². The van der Waals surface area contributed by atoms with Gasteiger partial charge in [0.2, 0.25) is 0 Å². The average Bonchev–Trinajstić information content (AvgIpc) is 3.41. The second kappa shape index (κ2) is 10.3. The fraction of sp³-hybridized carbons (Fsp3) is 0.129. The third kappa shape index (κ3) is 4.84. The van der Waals surface area contributed by atoms with Crippen molar-refractivity contribution >= 4 is 34.7 Å². The minimum absolute atomic E-state index is 0.0744. The number of hydrogen-bond acceptors (Lipinski definition) is 5. The van der Waals surface area contributed by atoms with E-state index >= 15 is 0 Å². The van der Waals surface area contributed by atoms with Crippen molar-refractivity contribution in [2.24, 2.45) is 0 Å². The summed E-state index contributed by atoms with van der Waals surface area (Å²) in [6.07, 6.45) is 7.39. The molecule has 0 spiro atoms. The average molecular weight is 535 g/mol. The van der Waals surface area contributed by atoms with Gasteiger partial charge in [0.1, 0.15) is 5.65 Å². The van der Waals surface area contributed by atoms with Crippen molar-refractivity contribution in [3.63, 3.8) is 0 Å². The number of fused-ring (bicyclic) bond motifs is 2. The van der Waals surface area contributed by atoms with Gasteiger partial charge in [-0.2, -0.15) is 0 Å². The monoisotopic (exact) mass is 534 g/mol. The quantitative estimate of drug-likeness (QED) is 0.286. The van der Waals surface area contributed by atoms with Crippen LogP contribution in [0.15, 0.2) is 97.6 Å². The maximum atomic E-state index is 13.8. The lowest BCUT2D eigenvalue weighted by Gasteiger charge is -2.29. The largest absolute Gasteiger partial charge is 0.324 e. The molecule has 0 fully saturated rings. The smallest absolute Gasteiger partial charge is 0.255 e. The molecule has 8 heteroatoms. The lowest BCUT2D eigenvalue weighted by atomic mass is 9.99. The number of aromatic nitrogens is 3. The maximum absolute atomic E-state index is 13.8. The second-order valence-electron chi connectivity index (χ2n) is 9.52. The fourth-order valence-electron chi connectivity index (χ4n) is 5.06. The molecule has 2 aromatic carbocycles. The van der Waals surface area contributed by atoms with E-state index in [4.69, 9.17) is 11.6 Å². The number of ketones is 2. The van der Waals surface area contributed by atoms with E-state index in [0.717, 1.165) is 11.3 Å². The number of pyridine rings is 2. The Bertz CT molecular complexity index is 1710.